The molecule has 24 heavy (non-hydrogen) atoms. The molecule has 1 N–H and O–H groups in total. The third kappa shape index (κ3) is 4.95. The zero-order chi connectivity index (χ0) is 17.7. The van der Waals surface area contributed by atoms with Crippen LogP contribution in [0.2, 0.25) is 10.0 Å². The SMILES string of the molecule is CC(=O)N(CCNS(=O)(=O)c1cccc(Cl)c1)c1cccc(Cl)c1. The number of benzene rings is 2. The molecule has 0 atom stereocenters. The third-order valence-corrected chi connectivity index (χ3v) is 5.16. The number of hydrogen-bond donors (Lipinski definition) is 1. The van der Waals surface area contributed by atoms with E-state index in [0.717, 1.165) is 0 Å². The molecule has 0 heterocycles. The second-order valence-corrected chi connectivity index (χ2v) is 7.65. The van der Waals surface area contributed by atoms with Gasteiger partial charge in [-0.05, 0) is 36.4 Å². The highest BCUT2D eigenvalue weighted by molar-refractivity contribution is 7.89. The van der Waals surface area contributed by atoms with Crippen molar-refractivity contribution in [3.63, 3.8) is 0 Å². The Morgan fingerprint density at radius 2 is 1.71 bits per heavy atom. The molecule has 0 saturated carbocycles. The molecule has 0 aliphatic rings. The van der Waals surface area contributed by atoms with Crippen molar-refractivity contribution in [1.82, 2.24) is 4.72 Å². The molecule has 0 bridgehead atoms. The van der Waals surface area contributed by atoms with Crippen LogP contribution in [-0.2, 0) is 14.8 Å². The van der Waals surface area contributed by atoms with Gasteiger partial charge in [-0.25, -0.2) is 13.1 Å². The Morgan fingerprint density at radius 1 is 1.08 bits per heavy atom. The Morgan fingerprint density at radius 3 is 2.29 bits per heavy atom. The smallest absolute Gasteiger partial charge is 0.240 e. The first-order valence-electron chi connectivity index (χ1n) is 7.08. The highest BCUT2D eigenvalue weighted by Gasteiger charge is 2.16. The number of anilines is 1. The molecular formula is C16H16Cl2N2O3S. The van der Waals surface area contributed by atoms with Crippen LogP contribution in [-0.4, -0.2) is 27.4 Å². The largest absolute Gasteiger partial charge is 0.311 e. The molecule has 0 saturated heterocycles. The maximum absolute atomic E-state index is 12.2. The van der Waals surface area contributed by atoms with Gasteiger partial charge in [0.15, 0.2) is 0 Å². The van der Waals surface area contributed by atoms with Gasteiger partial charge >= 0.3 is 0 Å². The molecule has 0 fully saturated rings. The average Bonchev–Trinajstić information content (AvgIpc) is 2.51. The third-order valence-electron chi connectivity index (χ3n) is 3.23. The second-order valence-electron chi connectivity index (χ2n) is 5.01. The standard InChI is InChI=1S/C16H16Cl2N2O3S/c1-12(21)20(15-6-2-4-13(17)10-15)9-8-19-24(22,23)16-7-3-5-14(18)11-16/h2-7,10-11,19H,8-9H2,1H3. The minimum Gasteiger partial charge on any atom is -0.311 e. The minimum absolute atomic E-state index is 0.0565. The Bertz CT molecular complexity index is 841. The lowest BCUT2D eigenvalue weighted by Gasteiger charge is -2.21. The fraction of sp³-hybridized carbons (Fsp3) is 0.188. The number of hydrogen-bond acceptors (Lipinski definition) is 3. The fourth-order valence-electron chi connectivity index (χ4n) is 2.12. The van der Waals surface area contributed by atoms with E-state index < -0.39 is 10.0 Å². The maximum atomic E-state index is 12.2. The summed E-state index contributed by atoms with van der Waals surface area (Å²) in [6, 6.07) is 12.8. The first kappa shape index (κ1) is 18.7. The number of carbonyl (C=O) groups excluding carboxylic acids is 1. The number of sulfonamides is 1. The Balaban J connectivity index is 2.07. The van der Waals surface area contributed by atoms with Crippen molar-refractivity contribution < 1.29 is 13.2 Å². The molecule has 0 spiro atoms. The van der Waals surface area contributed by atoms with E-state index in [1.54, 1.807) is 36.4 Å². The maximum Gasteiger partial charge on any atom is 0.240 e. The van der Waals surface area contributed by atoms with Crippen LogP contribution in [0.15, 0.2) is 53.4 Å². The van der Waals surface area contributed by atoms with Crippen molar-refractivity contribution in [1.29, 1.82) is 0 Å². The first-order chi connectivity index (χ1) is 11.3. The van der Waals surface area contributed by atoms with Crippen LogP contribution < -0.4 is 9.62 Å². The summed E-state index contributed by atoms with van der Waals surface area (Å²) in [5.74, 6) is -0.209. The molecule has 128 valence electrons. The predicted molar refractivity (Wildman–Crippen MR) is 96.1 cm³/mol. The minimum atomic E-state index is -3.69. The summed E-state index contributed by atoms with van der Waals surface area (Å²) in [5, 5.41) is 0.834. The molecule has 2 rings (SSSR count). The van der Waals surface area contributed by atoms with Gasteiger partial charge in [-0.2, -0.15) is 0 Å². The van der Waals surface area contributed by atoms with E-state index in [1.807, 2.05) is 0 Å². The van der Waals surface area contributed by atoms with E-state index in [-0.39, 0.29) is 23.9 Å². The number of rotatable bonds is 6. The summed E-state index contributed by atoms with van der Waals surface area (Å²) >= 11 is 11.7. The Kier molecular flexibility index (Phi) is 6.23. The zero-order valence-electron chi connectivity index (χ0n) is 12.9. The van der Waals surface area contributed by atoms with Crippen molar-refractivity contribution >= 4 is 44.8 Å². The molecular weight excluding hydrogens is 371 g/mol. The lowest BCUT2D eigenvalue weighted by molar-refractivity contribution is -0.116. The Hall–Kier alpha value is -1.60. The number of nitrogens with one attached hydrogen (secondary N) is 1. The Labute approximate surface area is 151 Å². The van der Waals surface area contributed by atoms with Crippen molar-refractivity contribution in [3.8, 4) is 0 Å². The fourth-order valence-corrected chi connectivity index (χ4v) is 3.63. The second kappa shape index (κ2) is 7.98. The molecule has 0 aliphatic carbocycles. The van der Waals surface area contributed by atoms with Gasteiger partial charge in [0.1, 0.15) is 0 Å². The lowest BCUT2D eigenvalue weighted by Crippen LogP contribution is -2.37. The molecule has 5 nitrogen and oxygen atoms in total. The van der Waals surface area contributed by atoms with Crippen LogP contribution >= 0.6 is 23.2 Å². The van der Waals surface area contributed by atoms with Crippen molar-refractivity contribution in [3.05, 3.63) is 58.6 Å². The van der Waals surface area contributed by atoms with Crippen molar-refractivity contribution in [2.45, 2.75) is 11.8 Å². The summed E-state index contributed by atoms with van der Waals surface area (Å²) in [6.45, 7) is 1.64. The van der Waals surface area contributed by atoms with Gasteiger partial charge in [0.2, 0.25) is 15.9 Å². The van der Waals surface area contributed by atoms with Gasteiger partial charge in [-0.1, -0.05) is 35.3 Å². The van der Waals surface area contributed by atoms with Gasteiger partial charge in [-0.3, -0.25) is 4.79 Å². The van der Waals surface area contributed by atoms with Crippen LogP contribution in [0.25, 0.3) is 0 Å². The van der Waals surface area contributed by atoms with Gasteiger partial charge in [-0.15, -0.1) is 0 Å². The average molecular weight is 387 g/mol. The molecule has 0 aromatic heterocycles. The van der Waals surface area contributed by atoms with Gasteiger partial charge in [0.25, 0.3) is 0 Å². The molecule has 0 radical (unpaired) electrons. The van der Waals surface area contributed by atoms with Crippen molar-refractivity contribution in [2.75, 3.05) is 18.0 Å². The number of nitrogens with zero attached hydrogens (tertiary/aromatic N) is 1. The van der Waals surface area contributed by atoms with Gasteiger partial charge in [0.05, 0.1) is 4.90 Å². The predicted octanol–water partition coefficient (Wildman–Crippen LogP) is 3.32. The summed E-state index contributed by atoms with van der Waals surface area (Å²) < 4.78 is 26.9. The monoisotopic (exact) mass is 386 g/mol. The normalized spacial score (nSPS) is 11.3. The number of amides is 1. The van der Waals surface area contributed by atoms with Crippen LogP contribution in [0.4, 0.5) is 5.69 Å². The number of carbonyl (C=O) groups is 1. The van der Waals surface area contributed by atoms with E-state index >= 15 is 0 Å². The van der Waals surface area contributed by atoms with E-state index in [0.29, 0.717) is 15.7 Å². The molecule has 1 amide bonds. The summed E-state index contributed by atoms with van der Waals surface area (Å²) in [4.78, 5) is 13.3. The molecule has 0 aliphatic heterocycles. The van der Waals surface area contributed by atoms with Gasteiger partial charge < -0.3 is 4.90 Å². The van der Waals surface area contributed by atoms with E-state index in [2.05, 4.69) is 4.72 Å². The highest BCUT2D eigenvalue weighted by Crippen LogP contribution is 2.19. The van der Waals surface area contributed by atoms with E-state index in [1.165, 1.54) is 24.0 Å². The summed E-state index contributed by atoms with van der Waals surface area (Å²) in [7, 11) is -3.69. The first-order valence-corrected chi connectivity index (χ1v) is 9.32. The topological polar surface area (TPSA) is 66.5 Å². The van der Waals surface area contributed by atoms with Gasteiger partial charge in [0, 0.05) is 35.7 Å². The summed E-state index contributed by atoms with van der Waals surface area (Å²) in [6.07, 6.45) is 0. The molecule has 2 aromatic rings. The highest BCUT2D eigenvalue weighted by atomic mass is 35.5. The van der Waals surface area contributed by atoms with E-state index in [9.17, 15) is 13.2 Å². The summed E-state index contributed by atoms with van der Waals surface area (Å²) in [5.41, 5.74) is 0.608. The van der Waals surface area contributed by atoms with E-state index in [4.69, 9.17) is 23.2 Å². The van der Waals surface area contributed by atoms with Crippen LogP contribution in [0, 0.1) is 0 Å². The lowest BCUT2D eigenvalue weighted by atomic mass is 10.3. The molecule has 8 heteroatoms. The quantitative estimate of drug-likeness (QED) is 0.827. The van der Waals surface area contributed by atoms with Crippen LogP contribution in [0.1, 0.15) is 6.92 Å². The molecule has 2 aromatic carbocycles. The molecule has 0 unspecified atom stereocenters. The number of halogens is 2. The van der Waals surface area contributed by atoms with Crippen molar-refractivity contribution in [2.24, 2.45) is 0 Å². The zero-order valence-corrected chi connectivity index (χ0v) is 15.2. The van der Waals surface area contributed by atoms with Crippen LogP contribution in [0.3, 0.4) is 0 Å². The van der Waals surface area contributed by atoms with Crippen LogP contribution in [0.5, 0.6) is 0 Å².